The second-order valence-electron chi connectivity index (χ2n) is 7.84. The highest BCUT2D eigenvalue weighted by atomic mass is 16.5. The van der Waals surface area contributed by atoms with Crippen LogP contribution in [0.2, 0.25) is 0 Å². The minimum atomic E-state index is -0.450. The number of pyridine rings is 1. The van der Waals surface area contributed by atoms with E-state index in [1.54, 1.807) is 6.92 Å². The zero-order valence-corrected chi connectivity index (χ0v) is 16.0. The molecule has 1 aromatic heterocycles. The van der Waals surface area contributed by atoms with Crippen LogP contribution >= 0.6 is 0 Å². The summed E-state index contributed by atoms with van der Waals surface area (Å²) >= 11 is 0. The fourth-order valence-electron chi connectivity index (χ4n) is 3.90. The summed E-state index contributed by atoms with van der Waals surface area (Å²) in [5, 5.41) is 0. The van der Waals surface area contributed by atoms with E-state index < -0.39 is 5.92 Å². The molecule has 0 radical (unpaired) electrons. The Morgan fingerprint density at radius 1 is 1.35 bits per heavy atom. The van der Waals surface area contributed by atoms with Crippen LogP contribution in [0.1, 0.15) is 58.4 Å². The Labute approximate surface area is 154 Å². The van der Waals surface area contributed by atoms with E-state index in [-0.39, 0.29) is 22.9 Å². The minimum absolute atomic E-state index is 0.0436. The topological polar surface area (TPSA) is 73.3 Å². The predicted molar refractivity (Wildman–Crippen MR) is 97.7 cm³/mol. The van der Waals surface area contributed by atoms with Gasteiger partial charge in [0.15, 0.2) is 29.8 Å². The number of aryl methyl sites for hydroxylation is 1. The maximum Gasteiger partial charge on any atom is 0.198 e. The molecule has 0 fully saturated rings. The average molecular weight is 355 g/mol. The number of ether oxygens (including phenoxy) is 1. The normalized spacial score (nSPS) is 22.2. The molecule has 0 unspecified atom stereocenters. The number of allylic oxidation sites excluding steroid dienone is 3. The van der Waals surface area contributed by atoms with Gasteiger partial charge in [-0.15, -0.1) is 0 Å². The predicted octanol–water partition coefficient (Wildman–Crippen LogP) is 2.90. The number of nitrogens with two attached hydrogens (primary N) is 1. The molecular weight excluding hydrogens is 328 g/mol. The molecule has 26 heavy (non-hydrogen) atoms. The van der Waals surface area contributed by atoms with E-state index >= 15 is 0 Å². The molecular formula is C21H27N2O3+. The number of nitrogens with zero attached hydrogens (tertiary/aromatic N) is 1. The number of aromatic nitrogens is 1. The highest BCUT2D eigenvalue weighted by molar-refractivity contribution is 6.05. The molecule has 5 heteroatoms. The van der Waals surface area contributed by atoms with Gasteiger partial charge in [-0.25, -0.2) is 4.57 Å². The molecule has 1 aliphatic heterocycles. The molecule has 5 nitrogen and oxygen atoms in total. The second-order valence-corrected chi connectivity index (χ2v) is 7.84. The van der Waals surface area contributed by atoms with E-state index in [0.717, 1.165) is 12.1 Å². The van der Waals surface area contributed by atoms with Gasteiger partial charge < -0.3 is 10.5 Å². The largest absolute Gasteiger partial charge is 0.445 e. The fourth-order valence-corrected chi connectivity index (χ4v) is 3.90. The minimum Gasteiger partial charge on any atom is -0.445 e. The van der Waals surface area contributed by atoms with Gasteiger partial charge in [-0.1, -0.05) is 20.8 Å². The number of Topliss-reactive ketones (excluding diaryl/α,β-unsaturated/α-hetero) is 2. The monoisotopic (exact) mass is 355 g/mol. The SMILES string of the molecule is CCC(=O)C1=C(N)OC2=C(C(=O)CC(C)(C)C2)[C@H]1c1ccc[n+](CC)c1. The fraction of sp³-hybridized carbons (Fsp3) is 0.476. The average Bonchev–Trinajstić information content (AvgIpc) is 2.58. The molecule has 0 aromatic carbocycles. The number of hydrogen-bond donors (Lipinski definition) is 1. The van der Waals surface area contributed by atoms with Gasteiger partial charge in [-0.3, -0.25) is 9.59 Å². The smallest absolute Gasteiger partial charge is 0.198 e. The van der Waals surface area contributed by atoms with Crippen LogP contribution in [0.15, 0.2) is 47.3 Å². The third-order valence-electron chi connectivity index (χ3n) is 5.16. The summed E-state index contributed by atoms with van der Waals surface area (Å²) in [6.07, 6.45) is 5.36. The first-order valence-corrected chi connectivity index (χ1v) is 9.23. The van der Waals surface area contributed by atoms with E-state index in [4.69, 9.17) is 10.5 Å². The Kier molecular flexibility index (Phi) is 4.74. The van der Waals surface area contributed by atoms with Gasteiger partial charge in [-0.2, -0.15) is 0 Å². The van der Waals surface area contributed by atoms with Gasteiger partial charge in [-0.05, 0) is 18.4 Å². The van der Waals surface area contributed by atoms with Crippen LogP contribution in [0.3, 0.4) is 0 Å². The summed E-state index contributed by atoms with van der Waals surface area (Å²) in [5.74, 6) is 0.269. The van der Waals surface area contributed by atoms with Gasteiger partial charge in [0.25, 0.3) is 0 Å². The molecule has 0 amide bonds. The maximum absolute atomic E-state index is 13.0. The van der Waals surface area contributed by atoms with Crippen molar-refractivity contribution in [2.45, 2.75) is 59.4 Å². The van der Waals surface area contributed by atoms with Crippen LogP contribution in [-0.4, -0.2) is 11.6 Å². The van der Waals surface area contributed by atoms with Crippen LogP contribution in [-0.2, 0) is 20.9 Å². The van der Waals surface area contributed by atoms with Gasteiger partial charge in [0.05, 0.1) is 11.5 Å². The Balaban J connectivity index is 2.21. The van der Waals surface area contributed by atoms with Gasteiger partial charge >= 0.3 is 0 Å². The Bertz CT molecular complexity index is 833. The lowest BCUT2D eigenvalue weighted by Gasteiger charge is -2.37. The van der Waals surface area contributed by atoms with Crippen LogP contribution in [0.5, 0.6) is 0 Å². The molecule has 1 aliphatic carbocycles. The Morgan fingerprint density at radius 2 is 2.08 bits per heavy atom. The summed E-state index contributed by atoms with van der Waals surface area (Å²) < 4.78 is 7.86. The molecule has 3 rings (SSSR count). The first-order chi connectivity index (χ1) is 12.3. The summed E-state index contributed by atoms with van der Waals surface area (Å²) in [6, 6.07) is 3.89. The molecule has 0 bridgehead atoms. The molecule has 1 atom stereocenters. The van der Waals surface area contributed by atoms with Crippen molar-refractivity contribution in [3.05, 3.63) is 52.9 Å². The third-order valence-corrected chi connectivity index (χ3v) is 5.16. The van der Waals surface area contributed by atoms with Gasteiger partial charge in [0.1, 0.15) is 12.3 Å². The van der Waals surface area contributed by atoms with Crippen molar-refractivity contribution in [3.8, 4) is 0 Å². The van der Waals surface area contributed by atoms with Crippen LogP contribution in [0, 0.1) is 5.41 Å². The highest BCUT2D eigenvalue weighted by Gasteiger charge is 2.44. The van der Waals surface area contributed by atoms with Crippen molar-refractivity contribution in [1.29, 1.82) is 0 Å². The number of carbonyl (C=O) groups excluding carboxylic acids is 2. The molecule has 2 heterocycles. The molecule has 0 saturated heterocycles. The Hall–Kier alpha value is -2.43. The van der Waals surface area contributed by atoms with Crippen molar-refractivity contribution >= 4 is 11.6 Å². The summed E-state index contributed by atoms with van der Waals surface area (Å²) in [5.41, 5.74) is 7.92. The molecule has 1 aromatic rings. The van der Waals surface area contributed by atoms with E-state index in [0.29, 0.717) is 36.2 Å². The zero-order valence-electron chi connectivity index (χ0n) is 16.0. The molecule has 0 spiro atoms. The van der Waals surface area contributed by atoms with Crippen molar-refractivity contribution < 1.29 is 18.9 Å². The summed E-state index contributed by atoms with van der Waals surface area (Å²) in [6.45, 7) is 8.75. The first kappa shape index (κ1) is 18.4. The van der Waals surface area contributed by atoms with Crippen LogP contribution < -0.4 is 10.3 Å². The standard InChI is InChI=1S/C21H26N2O3/c1-5-14(24)19-17(13-8-7-9-23(6-2)12-13)18-15(25)10-21(3,4)11-16(18)26-20(19)22/h7-9,12,17H,5-6,10-11H2,1-4H3,(H-,22,24)/p+1/t17-/m1/s1. The lowest BCUT2D eigenvalue weighted by atomic mass is 9.69. The van der Waals surface area contributed by atoms with Gasteiger partial charge in [0, 0.05) is 36.5 Å². The number of ketones is 2. The molecule has 138 valence electrons. The van der Waals surface area contributed by atoms with Crippen molar-refractivity contribution in [2.75, 3.05) is 0 Å². The first-order valence-electron chi connectivity index (χ1n) is 9.23. The molecule has 2 aliphatic rings. The van der Waals surface area contributed by atoms with Crippen LogP contribution in [0.25, 0.3) is 0 Å². The van der Waals surface area contributed by atoms with Gasteiger partial charge in [0.2, 0.25) is 0 Å². The lowest BCUT2D eigenvalue weighted by Crippen LogP contribution is -2.37. The number of carbonyl (C=O) groups is 2. The summed E-state index contributed by atoms with van der Waals surface area (Å²) in [4.78, 5) is 25.7. The van der Waals surface area contributed by atoms with E-state index in [9.17, 15) is 9.59 Å². The highest BCUT2D eigenvalue weighted by Crippen LogP contribution is 2.48. The van der Waals surface area contributed by atoms with E-state index in [2.05, 4.69) is 6.92 Å². The maximum atomic E-state index is 13.0. The molecule has 0 saturated carbocycles. The second kappa shape index (κ2) is 6.71. The molecule has 2 N–H and O–H groups in total. The number of rotatable bonds is 4. The third kappa shape index (κ3) is 3.18. The van der Waals surface area contributed by atoms with Crippen LogP contribution in [0.4, 0.5) is 0 Å². The van der Waals surface area contributed by atoms with Crippen molar-refractivity contribution in [2.24, 2.45) is 11.1 Å². The van der Waals surface area contributed by atoms with E-state index in [1.807, 2.05) is 42.9 Å². The van der Waals surface area contributed by atoms with E-state index in [1.165, 1.54) is 0 Å². The lowest BCUT2D eigenvalue weighted by molar-refractivity contribution is -0.694. The zero-order chi connectivity index (χ0) is 19.1. The van der Waals surface area contributed by atoms with Crippen molar-refractivity contribution in [1.82, 2.24) is 0 Å². The number of hydrogen-bond acceptors (Lipinski definition) is 4. The Morgan fingerprint density at radius 3 is 2.73 bits per heavy atom. The summed E-state index contributed by atoms with van der Waals surface area (Å²) in [7, 11) is 0. The van der Waals surface area contributed by atoms with Crippen molar-refractivity contribution in [3.63, 3.8) is 0 Å². The quantitative estimate of drug-likeness (QED) is 0.843.